The molecular formula is C30H34O5. The number of hydrogen-bond donors (Lipinski definition) is 2. The van der Waals surface area contributed by atoms with Crippen LogP contribution >= 0.6 is 0 Å². The number of carbonyl (C=O) groups is 2. The van der Waals surface area contributed by atoms with E-state index in [0.29, 0.717) is 30.3 Å². The van der Waals surface area contributed by atoms with Crippen LogP contribution < -0.4 is 4.74 Å². The van der Waals surface area contributed by atoms with Crippen LogP contribution in [0.15, 0.2) is 54.1 Å². The number of rotatable bonds is 3. The van der Waals surface area contributed by atoms with E-state index in [4.69, 9.17) is 4.74 Å². The smallest absolute Gasteiger partial charge is 0.200 e. The summed E-state index contributed by atoms with van der Waals surface area (Å²) >= 11 is 0. The summed E-state index contributed by atoms with van der Waals surface area (Å²) in [6, 6.07) is 8.43. The topological polar surface area (TPSA) is 83.8 Å². The molecule has 2 unspecified atom stereocenters. The van der Waals surface area contributed by atoms with E-state index in [1.54, 1.807) is 30.3 Å². The van der Waals surface area contributed by atoms with E-state index in [-0.39, 0.29) is 34.0 Å². The molecule has 0 bridgehead atoms. The van der Waals surface area contributed by atoms with Crippen LogP contribution in [0.25, 0.3) is 0 Å². The van der Waals surface area contributed by atoms with E-state index in [1.165, 1.54) is 5.57 Å². The summed E-state index contributed by atoms with van der Waals surface area (Å²) in [5.41, 5.74) is 1.08. The summed E-state index contributed by atoms with van der Waals surface area (Å²) in [6.07, 6.45) is 10.9. The zero-order chi connectivity index (χ0) is 25.4. The first-order chi connectivity index (χ1) is 16.6. The number of hydrogen-bond acceptors (Lipinski definition) is 5. The fraction of sp³-hybridized carbons (Fsp3) is 0.400. The van der Waals surface area contributed by atoms with Gasteiger partial charge >= 0.3 is 0 Å². The maximum absolute atomic E-state index is 13.2. The van der Waals surface area contributed by atoms with Gasteiger partial charge in [0.05, 0.1) is 5.56 Å². The summed E-state index contributed by atoms with van der Waals surface area (Å²) in [6.45, 7) is 8.58. The third-order valence-electron chi connectivity index (χ3n) is 7.52. The van der Waals surface area contributed by atoms with Crippen LogP contribution in [0.5, 0.6) is 17.2 Å². The van der Waals surface area contributed by atoms with E-state index in [2.05, 4.69) is 39.0 Å². The Hall–Kier alpha value is -3.34. The molecular weight excluding hydrogens is 440 g/mol. The van der Waals surface area contributed by atoms with Crippen LogP contribution in [-0.2, 0) is 6.42 Å². The Morgan fingerprint density at radius 2 is 1.80 bits per heavy atom. The molecule has 0 spiro atoms. The second kappa shape index (κ2) is 9.37. The lowest BCUT2D eigenvalue weighted by molar-refractivity contribution is 0.00662. The van der Waals surface area contributed by atoms with Crippen molar-refractivity contribution < 1.29 is 24.5 Å². The Kier molecular flexibility index (Phi) is 6.63. The number of benzene rings is 2. The summed E-state index contributed by atoms with van der Waals surface area (Å²) in [7, 11) is 0. The van der Waals surface area contributed by atoms with Gasteiger partial charge in [-0.3, -0.25) is 9.59 Å². The van der Waals surface area contributed by atoms with Crippen LogP contribution in [0.1, 0.15) is 85.2 Å². The molecule has 0 radical (unpaired) electrons. The summed E-state index contributed by atoms with van der Waals surface area (Å²) in [5, 5.41) is 22.2. The molecule has 35 heavy (non-hydrogen) atoms. The van der Waals surface area contributed by atoms with Crippen LogP contribution in [0.4, 0.5) is 0 Å². The molecule has 184 valence electrons. The van der Waals surface area contributed by atoms with E-state index in [1.807, 2.05) is 6.92 Å². The number of phenols is 2. The van der Waals surface area contributed by atoms with Gasteiger partial charge in [-0.05, 0) is 44.9 Å². The molecule has 0 fully saturated rings. The fourth-order valence-electron chi connectivity index (χ4n) is 5.16. The van der Waals surface area contributed by atoms with E-state index >= 15 is 0 Å². The van der Waals surface area contributed by atoms with Gasteiger partial charge in [-0.2, -0.15) is 0 Å². The Morgan fingerprint density at radius 1 is 1.09 bits per heavy atom. The molecule has 5 heteroatoms. The predicted molar refractivity (Wildman–Crippen MR) is 136 cm³/mol. The van der Waals surface area contributed by atoms with Gasteiger partial charge in [0.15, 0.2) is 6.29 Å². The van der Waals surface area contributed by atoms with Crippen molar-refractivity contribution in [2.24, 2.45) is 11.3 Å². The predicted octanol–water partition coefficient (Wildman–Crippen LogP) is 6.55. The summed E-state index contributed by atoms with van der Waals surface area (Å²) < 4.78 is 6.49. The Bertz CT molecular complexity index is 1210. The van der Waals surface area contributed by atoms with Crippen LogP contribution in [-0.4, -0.2) is 27.9 Å². The third kappa shape index (κ3) is 4.77. The third-order valence-corrected chi connectivity index (χ3v) is 7.52. The molecule has 5 nitrogen and oxygen atoms in total. The van der Waals surface area contributed by atoms with Crippen molar-refractivity contribution >= 4 is 12.1 Å². The van der Waals surface area contributed by atoms with Gasteiger partial charge in [-0.1, -0.05) is 68.0 Å². The molecule has 2 aromatic carbocycles. The summed E-state index contributed by atoms with van der Waals surface area (Å²) in [5.74, 6) is -1.17. The standard InChI is InChI=1S/C30H34O5/c1-19-11-12-21-17-22-26(33)24(25(32)20-9-6-5-7-10-20)27(34)23(18-31)28(22)35-30(21,4)15-8-14-29(2,3)16-13-19/h5-10,13-14,18,21,33-34H,11-12,15-17H2,1-4H3/b14-8+,19-13+. The van der Waals surface area contributed by atoms with Crippen molar-refractivity contribution in [1.82, 2.24) is 0 Å². The van der Waals surface area contributed by atoms with Crippen molar-refractivity contribution in [1.29, 1.82) is 0 Å². The van der Waals surface area contributed by atoms with Gasteiger partial charge in [0.1, 0.15) is 28.4 Å². The molecule has 1 aliphatic carbocycles. The number of phenolic OH excluding ortho intramolecular Hbond substituents is 2. The van der Waals surface area contributed by atoms with Crippen molar-refractivity contribution in [3.63, 3.8) is 0 Å². The fourth-order valence-corrected chi connectivity index (χ4v) is 5.16. The van der Waals surface area contributed by atoms with Crippen molar-refractivity contribution in [3.05, 3.63) is 76.4 Å². The van der Waals surface area contributed by atoms with E-state index in [9.17, 15) is 19.8 Å². The van der Waals surface area contributed by atoms with Gasteiger partial charge in [0.2, 0.25) is 5.78 Å². The normalized spacial score (nSPS) is 26.1. The molecule has 0 saturated carbocycles. The molecule has 2 aliphatic rings. The second-order valence-corrected chi connectivity index (χ2v) is 10.8. The first-order valence-corrected chi connectivity index (χ1v) is 12.2. The number of carbonyl (C=O) groups excluding carboxylic acids is 2. The molecule has 1 aliphatic heterocycles. The minimum absolute atomic E-state index is 0.0151. The highest BCUT2D eigenvalue weighted by molar-refractivity contribution is 6.14. The number of aldehydes is 1. The number of fused-ring (bicyclic) bond motifs is 2. The quantitative estimate of drug-likeness (QED) is 0.299. The monoisotopic (exact) mass is 474 g/mol. The Labute approximate surface area is 207 Å². The maximum atomic E-state index is 13.2. The van der Waals surface area contributed by atoms with Crippen LogP contribution in [0, 0.1) is 11.3 Å². The zero-order valence-corrected chi connectivity index (χ0v) is 20.9. The highest BCUT2D eigenvalue weighted by Crippen LogP contribution is 2.51. The minimum Gasteiger partial charge on any atom is -0.507 e. The number of ketones is 1. The minimum atomic E-state index is -0.633. The largest absolute Gasteiger partial charge is 0.507 e. The lowest BCUT2D eigenvalue weighted by atomic mass is 9.75. The highest BCUT2D eigenvalue weighted by atomic mass is 16.5. The Morgan fingerprint density at radius 3 is 2.49 bits per heavy atom. The van der Waals surface area contributed by atoms with Gasteiger partial charge in [0, 0.05) is 23.5 Å². The van der Waals surface area contributed by atoms with Crippen molar-refractivity contribution in [3.8, 4) is 17.2 Å². The van der Waals surface area contributed by atoms with Gasteiger partial charge in [0.25, 0.3) is 0 Å². The highest BCUT2D eigenvalue weighted by Gasteiger charge is 2.44. The molecule has 2 aromatic rings. The summed E-state index contributed by atoms with van der Waals surface area (Å²) in [4.78, 5) is 25.3. The zero-order valence-electron chi connectivity index (χ0n) is 20.9. The molecule has 0 saturated heterocycles. The molecule has 1 heterocycles. The van der Waals surface area contributed by atoms with Crippen LogP contribution in [0.2, 0.25) is 0 Å². The number of aromatic hydroxyl groups is 2. The first kappa shape index (κ1) is 24.8. The van der Waals surface area contributed by atoms with Gasteiger partial charge in [-0.25, -0.2) is 0 Å². The van der Waals surface area contributed by atoms with E-state index in [0.717, 1.165) is 19.3 Å². The van der Waals surface area contributed by atoms with E-state index < -0.39 is 17.1 Å². The average molecular weight is 475 g/mol. The maximum Gasteiger partial charge on any atom is 0.200 e. The van der Waals surface area contributed by atoms with Crippen LogP contribution in [0.3, 0.4) is 0 Å². The number of allylic oxidation sites excluding steroid dienone is 3. The number of ether oxygens (including phenoxy) is 1. The second-order valence-electron chi connectivity index (χ2n) is 10.8. The SMILES string of the molecule is C/C1=C\CC(C)(C)/C=C/CC2(C)Oc3c(C=O)c(O)c(C(=O)c4ccccc4)c(O)c3CC2CC1. The van der Waals surface area contributed by atoms with Gasteiger partial charge in [-0.15, -0.1) is 0 Å². The van der Waals surface area contributed by atoms with Crippen molar-refractivity contribution in [2.75, 3.05) is 0 Å². The molecule has 2 atom stereocenters. The molecule has 0 amide bonds. The van der Waals surface area contributed by atoms with Crippen molar-refractivity contribution in [2.45, 2.75) is 65.4 Å². The Balaban J connectivity index is 1.83. The molecule has 4 rings (SSSR count). The first-order valence-electron chi connectivity index (χ1n) is 12.2. The lowest BCUT2D eigenvalue weighted by Crippen LogP contribution is -2.45. The van der Waals surface area contributed by atoms with Gasteiger partial charge < -0.3 is 14.9 Å². The lowest BCUT2D eigenvalue weighted by Gasteiger charge is -2.43. The molecule has 0 aromatic heterocycles. The molecule has 2 N–H and O–H groups in total. The average Bonchev–Trinajstić information content (AvgIpc) is 2.83.